The molecule has 1 aromatic rings. The van der Waals surface area contributed by atoms with Crippen LogP contribution >= 0.6 is 0 Å². The lowest BCUT2D eigenvalue weighted by atomic mass is 10.2. The number of methoxy groups -OCH3 is 2. The molecule has 0 aliphatic rings. The minimum absolute atomic E-state index is 0.151. The van der Waals surface area contributed by atoms with Gasteiger partial charge in [-0.2, -0.15) is 0 Å². The van der Waals surface area contributed by atoms with Gasteiger partial charge in [-0.15, -0.1) is 0 Å². The summed E-state index contributed by atoms with van der Waals surface area (Å²) < 4.78 is 15.0. The van der Waals surface area contributed by atoms with Crippen molar-refractivity contribution in [1.29, 1.82) is 0 Å². The maximum atomic E-state index is 11.6. The van der Waals surface area contributed by atoms with Crippen LogP contribution in [0.1, 0.15) is 13.8 Å². The quantitative estimate of drug-likeness (QED) is 0.466. The Morgan fingerprint density at radius 3 is 2.38 bits per heavy atom. The van der Waals surface area contributed by atoms with E-state index in [1.54, 1.807) is 13.8 Å². The lowest BCUT2D eigenvalue weighted by Crippen LogP contribution is -2.28. The maximum absolute atomic E-state index is 11.6. The van der Waals surface area contributed by atoms with Crippen LogP contribution in [0.15, 0.2) is 12.1 Å². The molecule has 0 aliphatic heterocycles. The normalized spacial score (nSPS) is 11.4. The molecule has 8 heteroatoms. The van der Waals surface area contributed by atoms with Gasteiger partial charge in [-0.05, 0) is 13.8 Å². The molecule has 1 atom stereocenters. The number of nitro benzene ring substituents is 1. The predicted molar refractivity (Wildman–Crippen MR) is 75.9 cm³/mol. The number of carbonyl (C=O) groups excluding carboxylic acids is 1. The molecule has 1 rings (SSSR count). The zero-order valence-electron chi connectivity index (χ0n) is 12.3. The van der Waals surface area contributed by atoms with E-state index >= 15 is 0 Å². The Bertz CT molecular complexity index is 532. The van der Waals surface area contributed by atoms with Crippen LogP contribution in [0.5, 0.6) is 11.5 Å². The third-order valence-corrected chi connectivity index (χ3v) is 2.71. The number of hydrogen-bond acceptors (Lipinski definition) is 7. The molecule has 0 aliphatic carbocycles. The number of nitrogens with one attached hydrogen (secondary N) is 1. The van der Waals surface area contributed by atoms with Crippen molar-refractivity contribution in [2.45, 2.75) is 19.9 Å². The van der Waals surface area contributed by atoms with Crippen molar-refractivity contribution in [1.82, 2.24) is 0 Å². The van der Waals surface area contributed by atoms with Gasteiger partial charge in [0.1, 0.15) is 11.7 Å². The minimum Gasteiger partial charge on any atom is -0.493 e. The fraction of sp³-hybridized carbons (Fsp3) is 0.462. The first kappa shape index (κ1) is 16.5. The smallest absolute Gasteiger partial charge is 0.328 e. The van der Waals surface area contributed by atoms with E-state index < -0.39 is 16.9 Å². The number of nitro groups is 1. The van der Waals surface area contributed by atoms with Crippen molar-refractivity contribution in [3.63, 3.8) is 0 Å². The molecule has 0 radical (unpaired) electrons. The van der Waals surface area contributed by atoms with Crippen LogP contribution in [0.4, 0.5) is 11.4 Å². The van der Waals surface area contributed by atoms with Gasteiger partial charge in [0.2, 0.25) is 0 Å². The van der Waals surface area contributed by atoms with Crippen molar-refractivity contribution in [3.8, 4) is 11.5 Å². The monoisotopic (exact) mass is 298 g/mol. The van der Waals surface area contributed by atoms with E-state index in [4.69, 9.17) is 14.2 Å². The van der Waals surface area contributed by atoms with Crippen molar-refractivity contribution < 1.29 is 23.9 Å². The Hall–Kier alpha value is -2.51. The molecule has 0 fully saturated rings. The lowest BCUT2D eigenvalue weighted by Gasteiger charge is -2.16. The minimum atomic E-state index is -0.734. The number of hydrogen-bond donors (Lipinski definition) is 1. The van der Waals surface area contributed by atoms with Gasteiger partial charge in [0.25, 0.3) is 5.69 Å². The highest BCUT2D eigenvalue weighted by molar-refractivity contribution is 5.81. The van der Waals surface area contributed by atoms with Crippen molar-refractivity contribution in [3.05, 3.63) is 22.2 Å². The van der Waals surface area contributed by atoms with Crippen LogP contribution in [0.3, 0.4) is 0 Å². The van der Waals surface area contributed by atoms with Crippen molar-refractivity contribution in [2.75, 3.05) is 26.1 Å². The number of benzene rings is 1. The highest BCUT2D eigenvalue weighted by atomic mass is 16.6. The summed E-state index contributed by atoms with van der Waals surface area (Å²) in [6.45, 7) is 3.47. The SMILES string of the molecule is CCOC(=O)C(C)Nc1cc(OC)c(OC)cc1[N+](=O)[O-]. The summed E-state index contributed by atoms with van der Waals surface area (Å²) in [5.74, 6) is 0.0572. The molecule has 0 aromatic heterocycles. The number of esters is 1. The maximum Gasteiger partial charge on any atom is 0.328 e. The fourth-order valence-corrected chi connectivity index (χ4v) is 1.69. The zero-order valence-corrected chi connectivity index (χ0v) is 12.3. The Morgan fingerprint density at radius 2 is 1.90 bits per heavy atom. The molecule has 0 heterocycles. The van der Waals surface area contributed by atoms with Crippen LogP contribution < -0.4 is 14.8 Å². The second-order valence-corrected chi connectivity index (χ2v) is 4.10. The average molecular weight is 298 g/mol. The van der Waals surface area contributed by atoms with Gasteiger partial charge in [-0.3, -0.25) is 10.1 Å². The highest BCUT2D eigenvalue weighted by Crippen LogP contribution is 2.37. The third-order valence-electron chi connectivity index (χ3n) is 2.71. The summed E-state index contributed by atoms with van der Waals surface area (Å²) in [5.41, 5.74) is -0.0676. The number of anilines is 1. The van der Waals surface area contributed by atoms with E-state index in [9.17, 15) is 14.9 Å². The molecular formula is C13H18N2O6. The topological polar surface area (TPSA) is 99.9 Å². The third kappa shape index (κ3) is 3.98. The van der Waals surface area contributed by atoms with E-state index in [2.05, 4.69) is 5.32 Å². The van der Waals surface area contributed by atoms with Gasteiger partial charge < -0.3 is 19.5 Å². The largest absolute Gasteiger partial charge is 0.493 e. The molecule has 21 heavy (non-hydrogen) atoms. The Labute approximate surface area is 122 Å². The molecule has 116 valence electrons. The van der Waals surface area contributed by atoms with Gasteiger partial charge in [0, 0.05) is 6.07 Å². The molecule has 8 nitrogen and oxygen atoms in total. The lowest BCUT2D eigenvalue weighted by molar-refractivity contribution is -0.384. The van der Waals surface area contributed by atoms with Crippen molar-refractivity contribution >= 4 is 17.3 Å². The molecule has 0 spiro atoms. The first-order chi connectivity index (χ1) is 9.94. The first-order valence-electron chi connectivity index (χ1n) is 6.28. The summed E-state index contributed by atoms with van der Waals surface area (Å²) in [7, 11) is 2.80. The number of ether oxygens (including phenoxy) is 3. The predicted octanol–water partition coefficient (Wildman–Crippen LogP) is 1.98. The van der Waals surface area contributed by atoms with Crippen LogP contribution in [0, 0.1) is 10.1 Å². The molecule has 1 unspecified atom stereocenters. The van der Waals surface area contributed by atoms with E-state index in [1.807, 2.05) is 0 Å². The van der Waals surface area contributed by atoms with Gasteiger partial charge in [0.05, 0.1) is 31.8 Å². The number of nitrogens with zero attached hydrogens (tertiary/aromatic N) is 1. The van der Waals surface area contributed by atoms with Crippen LogP contribution in [0.25, 0.3) is 0 Å². The second-order valence-electron chi connectivity index (χ2n) is 4.10. The van der Waals surface area contributed by atoms with E-state index in [0.29, 0.717) is 5.75 Å². The van der Waals surface area contributed by atoms with E-state index in [1.165, 1.54) is 26.4 Å². The second kappa shape index (κ2) is 7.32. The summed E-state index contributed by atoms with van der Waals surface area (Å²) in [6.07, 6.45) is 0. The van der Waals surface area contributed by atoms with Gasteiger partial charge >= 0.3 is 5.97 Å². The molecule has 0 bridgehead atoms. The summed E-state index contributed by atoms with van der Waals surface area (Å²) >= 11 is 0. The molecular weight excluding hydrogens is 280 g/mol. The average Bonchev–Trinajstić information content (AvgIpc) is 2.46. The Morgan fingerprint density at radius 1 is 1.33 bits per heavy atom. The first-order valence-corrected chi connectivity index (χ1v) is 6.28. The summed E-state index contributed by atoms with van der Waals surface area (Å²) in [5, 5.41) is 13.9. The zero-order chi connectivity index (χ0) is 16.0. The number of carbonyl (C=O) groups is 1. The van der Waals surface area contributed by atoms with Gasteiger partial charge in [0.15, 0.2) is 11.5 Å². The summed E-state index contributed by atoms with van der Waals surface area (Å²) in [6, 6.07) is 1.91. The Kier molecular flexibility index (Phi) is 5.77. The van der Waals surface area contributed by atoms with E-state index in [-0.39, 0.29) is 23.7 Å². The molecule has 1 aromatic carbocycles. The molecule has 1 N–H and O–H groups in total. The van der Waals surface area contributed by atoms with E-state index in [0.717, 1.165) is 0 Å². The van der Waals surface area contributed by atoms with Crippen molar-refractivity contribution in [2.24, 2.45) is 0 Å². The molecule has 0 amide bonds. The van der Waals surface area contributed by atoms with Gasteiger partial charge in [-0.25, -0.2) is 4.79 Å². The molecule has 0 saturated carbocycles. The number of rotatable bonds is 7. The standard InChI is InChI=1S/C13H18N2O6/c1-5-21-13(16)8(2)14-9-6-11(19-3)12(20-4)7-10(9)15(17)18/h6-8,14H,5H2,1-4H3. The van der Waals surface area contributed by atoms with Crippen LogP contribution in [-0.2, 0) is 9.53 Å². The Balaban J connectivity index is 3.15. The molecule has 0 saturated heterocycles. The fourth-order valence-electron chi connectivity index (χ4n) is 1.69. The summed E-state index contributed by atoms with van der Waals surface area (Å²) in [4.78, 5) is 22.1. The van der Waals surface area contributed by atoms with Crippen LogP contribution in [0.2, 0.25) is 0 Å². The van der Waals surface area contributed by atoms with Gasteiger partial charge in [-0.1, -0.05) is 0 Å². The highest BCUT2D eigenvalue weighted by Gasteiger charge is 2.23. The van der Waals surface area contributed by atoms with Crippen LogP contribution in [-0.4, -0.2) is 37.8 Å².